The third kappa shape index (κ3) is 8.09. The molecule has 2 aromatic carbocycles. The van der Waals surface area contributed by atoms with Gasteiger partial charge in [-0.3, -0.25) is 0 Å². The van der Waals surface area contributed by atoms with Crippen LogP contribution in [0.5, 0.6) is 0 Å². The number of aryl methyl sites for hydroxylation is 2. The molecule has 0 amide bonds. The van der Waals surface area contributed by atoms with E-state index in [1.165, 1.54) is 16.3 Å². The van der Waals surface area contributed by atoms with E-state index in [0.29, 0.717) is 11.6 Å². The molecule has 0 N–H and O–H groups in total. The average Bonchev–Trinajstić information content (AvgIpc) is 3.36. The van der Waals surface area contributed by atoms with Crippen molar-refractivity contribution in [2.75, 3.05) is 0 Å². The van der Waals surface area contributed by atoms with Gasteiger partial charge in [-0.1, -0.05) is 95.4 Å². The van der Waals surface area contributed by atoms with Crippen LogP contribution in [-0.4, -0.2) is 23.0 Å². The molecule has 6 rings (SSSR count). The van der Waals surface area contributed by atoms with Gasteiger partial charge in [0.05, 0.1) is 13.7 Å². The first kappa shape index (κ1) is 35.4. The van der Waals surface area contributed by atoms with Crippen molar-refractivity contribution in [2.45, 2.75) is 80.4 Å². The number of furan rings is 1. The summed E-state index contributed by atoms with van der Waals surface area (Å²) in [5.74, 6) is 0.534. The number of hydrogen-bond acceptors (Lipinski definition) is 4. The van der Waals surface area contributed by atoms with Crippen molar-refractivity contribution in [2.24, 2.45) is 5.41 Å². The topological polar surface area (TPSA) is 51.8 Å². The van der Waals surface area contributed by atoms with Crippen LogP contribution >= 0.6 is 0 Å². The van der Waals surface area contributed by atoms with E-state index in [-0.39, 0.29) is 25.5 Å². The quantitative estimate of drug-likeness (QED) is 0.129. The third-order valence-electron chi connectivity index (χ3n) is 7.91. The molecule has 0 saturated carbocycles. The fourth-order valence-corrected chi connectivity index (χ4v) is 7.43. The predicted octanol–water partition coefficient (Wildman–Crippen LogP) is 10.3. The van der Waals surface area contributed by atoms with E-state index >= 15 is 0 Å². The van der Waals surface area contributed by atoms with Crippen LogP contribution in [-0.2, 0) is 26.5 Å². The summed E-state index contributed by atoms with van der Waals surface area (Å²) in [5, 5.41) is 3.62. The zero-order valence-electron chi connectivity index (χ0n) is 28.8. The molecule has 46 heavy (non-hydrogen) atoms. The van der Waals surface area contributed by atoms with Gasteiger partial charge >= 0.3 is 0 Å². The molecule has 0 atom stereocenters. The molecule has 0 unspecified atom stereocenters. The molecule has 6 aromatic rings. The average molecular weight is 804 g/mol. The maximum Gasteiger partial charge on any atom is 0.216 e. The molecule has 4 heterocycles. The van der Waals surface area contributed by atoms with E-state index in [4.69, 9.17) is 4.42 Å². The van der Waals surface area contributed by atoms with Crippen LogP contribution in [0.15, 0.2) is 77.5 Å². The summed E-state index contributed by atoms with van der Waals surface area (Å²) < 4.78 is 6.16. The van der Waals surface area contributed by atoms with Gasteiger partial charge in [0.15, 0.2) is 0 Å². The van der Waals surface area contributed by atoms with Crippen molar-refractivity contribution in [1.29, 1.82) is 0 Å². The molecule has 0 saturated heterocycles. The second-order valence-corrected chi connectivity index (χ2v) is 19.6. The van der Waals surface area contributed by atoms with E-state index in [2.05, 4.69) is 125 Å². The Bertz CT molecular complexity index is 1950. The molecule has 241 valence electrons. The van der Waals surface area contributed by atoms with Crippen LogP contribution in [0.25, 0.3) is 44.6 Å². The molecule has 0 fully saturated rings. The standard InChI is InChI=1S/C23H23N2O.C17H22NSi.Ir/c1-14-6-8-17(19-12-16(10-11-24-19)13-23(3,4)5)21-20(14)18-9-7-15(2)25-22(18)26-21;1-13(2)15-11-16(14-9-7-6-8-10-14)18-12-17(15)19(3,4)5;/h6-7,9-12H,13H2,1-5H3;6-9,11-13H,1-5H3;/q2*-1;. The fraction of sp³-hybridized carbons (Fsp3) is 0.325. The summed E-state index contributed by atoms with van der Waals surface area (Å²) in [6.45, 7) is 22.5. The molecule has 0 bridgehead atoms. The van der Waals surface area contributed by atoms with Crippen molar-refractivity contribution < 1.29 is 24.5 Å². The van der Waals surface area contributed by atoms with Crippen LogP contribution in [0.3, 0.4) is 0 Å². The van der Waals surface area contributed by atoms with E-state index in [1.54, 1.807) is 0 Å². The second-order valence-electron chi connectivity index (χ2n) is 14.6. The van der Waals surface area contributed by atoms with Crippen molar-refractivity contribution in [3.8, 4) is 22.5 Å². The molecular formula is C40H45IrN3OSi-2. The van der Waals surface area contributed by atoms with Gasteiger partial charge in [-0.25, -0.2) is 4.98 Å². The van der Waals surface area contributed by atoms with E-state index < -0.39 is 8.07 Å². The summed E-state index contributed by atoms with van der Waals surface area (Å²) in [7, 11) is -1.34. The molecule has 4 aromatic heterocycles. The number of fused-ring (bicyclic) bond motifs is 3. The molecule has 0 aliphatic rings. The third-order valence-corrected chi connectivity index (χ3v) is 9.95. The number of nitrogens with zero attached hydrogens (tertiary/aromatic N) is 3. The smallest absolute Gasteiger partial charge is 0.216 e. The Morgan fingerprint density at radius 1 is 0.913 bits per heavy atom. The zero-order valence-corrected chi connectivity index (χ0v) is 32.2. The molecule has 0 aliphatic carbocycles. The Morgan fingerprint density at radius 3 is 2.33 bits per heavy atom. The van der Waals surface area contributed by atoms with Gasteiger partial charge in [-0.05, 0) is 59.5 Å². The minimum Gasteiger partial charge on any atom is -0.486 e. The number of rotatable bonds is 5. The first-order valence-electron chi connectivity index (χ1n) is 15.9. The molecular weight excluding hydrogens is 759 g/mol. The summed E-state index contributed by atoms with van der Waals surface area (Å²) in [6, 6.07) is 27.3. The van der Waals surface area contributed by atoms with Gasteiger partial charge in [0, 0.05) is 43.6 Å². The van der Waals surface area contributed by atoms with E-state index in [9.17, 15) is 0 Å². The maximum atomic E-state index is 6.16. The largest absolute Gasteiger partial charge is 0.486 e. The Hall–Kier alpha value is -3.44. The molecule has 0 spiro atoms. The summed E-state index contributed by atoms with van der Waals surface area (Å²) >= 11 is 0. The number of hydrogen-bond donors (Lipinski definition) is 0. The van der Waals surface area contributed by atoms with Crippen LogP contribution < -0.4 is 5.19 Å². The zero-order chi connectivity index (χ0) is 32.5. The van der Waals surface area contributed by atoms with Crippen molar-refractivity contribution in [3.63, 3.8) is 0 Å². The Balaban J connectivity index is 0.000000215. The predicted molar refractivity (Wildman–Crippen MR) is 192 cm³/mol. The Labute approximate surface area is 289 Å². The minimum absolute atomic E-state index is 0. The first-order chi connectivity index (χ1) is 21.2. The number of benzene rings is 2. The maximum absolute atomic E-state index is 6.16. The van der Waals surface area contributed by atoms with Crippen LogP contribution in [0, 0.1) is 31.4 Å². The SMILES string of the molecule is CC(C)c1cc(-c2[c-]cccc2)ncc1[Si](C)(C)C.Cc1ccc2c(n1)oc1c(-c3cc(CC(C)(C)C)ccn3)[c-]cc(C)c12.[Ir]. The van der Waals surface area contributed by atoms with Crippen LogP contribution in [0.2, 0.25) is 19.6 Å². The Kier molecular flexibility index (Phi) is 10.9. The van der Waals surface area contributed by atoms with Gasteiger partial charge in [-0.15, -0.1) is 53.6 Å². The minimum atomic E-state index is -1.34. The van der Waals surface area contributed by atoms with Gasteiger partial charge in [0.25, 0.3) is 0 Å². The van der Waals surface area contributed by atoms with Crippen molar-refractivity contribution in [1.82, 2.24) is 15.0 Å². The summed E-state index contributed by atoms with van der Waals surface area (Å²) in [4.78, 5) is 13.8. The second kappa shape index (κ2) is 14.1. The van der Waals surface area contributed by atoms with Gasteiger partial charge in [0.1, 0.15) is 0 Å². The first-order valence-corrected chi connectivity index (χ1v) is 19.4. The van der Waals surface area contributed by atoms with E-state index in [0.717, 1.165) is 56.5 Å². The molecule has 1 radical (unpaired) electrons. The van der Waals surface area contributed by atoms with E-state index in [1.807, 2.05) is 43.5 Å². The van der Waals surface area contributed by atoms with Crippen molar-refractivity contribution >= 4 is 35.3 Å². The van der Waals surface area contributed by atoms with Crippen LogP contribution in [0.1, 0.15) is 62.9 Å². The molecule has 4 nitrogen and oxygen atoms in total. The van der Waals surface area contributed by atoms with Crippen molar-refractivity contribution in [3.05, 3.63) is 108 Å². The Morgan fingerprint density at radius 2 is 1.67 bits per heavy atom. The monoisotopic (exact) mass is 804 g/mol. The summed E-state index contributed by atoms with van der Waals surface area (Å²) in [5.41, 5.74) is 10.4. The van der Waals surface area contributed by atoms with Gasteiger partial charge in [-0.2, -0.15) is 0 Å². The molecule has 6 heteroatoms. The number of pyridine rings is 3. The normalized spacial score (nSPS) is 11.8. The van der Waals surface area contributed by atoms with Gasteiger partial charge in [0.2, 0.25) is 5.71 Å². The van der Waals surface area contributed by atoms with Crippen LogP contribution in [0.4, 0.5) is 0 Å². The van der Waals surface area contributed by atoms with Gasteiger partial charge < -0.3 is 14.4 Å². The fourth-order valence-electron chi connectivity index (χ4n) is 5.76. The summed E-state index contributed by atoms with van der Waals surface area (Å²) in [6.07, 6.45) is 4.97. The number of aromatic nitrogens is 3. The molecule has 0 aliphatic heterocycles.